The molecule has 0 saturated heterocycles. The Morgan fingerprint density at radius 3 is 2.86 bits per heavy atom. The second-order valence-electron chi connectivity index (χ2n) is 4.39. The number of hydrogen-bond acceptors (Lipinski definition) is 4. The summed E-state index contributed by atoms with van der Waals surface area (Å²) in [7, 11) is 0. The summed E-state index contributed by atoms with van der Waals surface area (Å²) in [6.45, 7) is 0. The largest absolute Gasteiger partial charge is 0.291 e. The molecule has 1 aromatic carbocycles. The van der Waals surface area contributed by atoms with E-state index in [4.69, 9.17) is 11.6 Å². The van der Waals surface area contributed by atoms with Gasteiger partial charge in [0.25, 0.3) is 5.91 Å². The van der Waals surface area contributed by atoms with Crippen molar-refractivity contribution in [2.75, 3.05) is 0 Å². The smallest absolute Gasteiger partial charge is 0.276 e. The fourth-order valence-electron chi connectivity index (χ4n) is 1.77. The molecule has 1 amide bonds. The second kappa shape index (κ2) is 6.55. The van der Waals surface area contributed by atoms with Gasteiger partial charge in [0.05, 0.1) is 16.8 Å². The highest BCUT2D eigenvalue weighted by Crippen LogP contribution is 2.22. The molecular formula is C15H11ClN4OS. The summed E-state index contributed by atoms with van der Waals surface area (Å²) >= 11 is 7.37. The molecule has 0 unspecified atom stereocenters. The third kappa shape index (κ3) is 3.41. The number of carbonyl (C=O) groups excluding carboxylic acids is 1. The van der Waals surface area contributed by atoms with Crippen LogP contribution in [0.15, 0.2) is 52.9 Å². The van der Waals surface area contributed by atoms with Gasteiger partial charge in [-0.1, -0.05) is 29.8 Å². The fraction of sp³-hybridized carbons (Fsp3) is 0. The number of rotatable bonds is 4. The van der Waals surface area contributed by atoms with Crippen LogP contribution in [0.5, 0.6) is 0 Å². The van der Waals surface area contributed by atoms with Crippen molar-refractivity contribution >= 4 is 35.1 Å². The van der Waals surface area contributed by atoms with E-state index in [1.165, 1.54) is 0 Å². The quantitative estimate of drug-likeness (QED) is 0.567. The van der Waals surface area contributed by atoms with Crippen LogP contribution < -0.4 is 5.43 Å². The Kier molecular flexibility index (Phi) is 4.32. The summed E-state index contributed by atoms with van der Waals surface area (Å²) in [6.07, 6.45) is 1.54. The molecule has 110 valence electrons. The van der Waals surface area contributed by atoms with Crippen LogP contribution in [-0.2, 0) is 0 Å². The van der Waals surface area contributed by atoms with Crippen LogP contribution in [0.3, 0.4) is 0 Å². The predicted octanol–water partition coefficient (Wildman–Crippen LogP) is 3.56. The number of thiophene rings is 1. The first-order valence-electron chi connectivity index (χ1n) is 6.40. The van der Waals surface area contributed by atoms with Crippen LogP contribution in [0, 0.1) is 0 Å². The maximum Gasteiger partial charge on any atom is 0.291 e. The summed E-state index contributed by atoms with van der Waals surface area (Å²) in [5, 5.41) is 13.3. The molecule has 0 radical (unpaired) electrons. The fourth-order valence-corrected chi connectivity index (χ4v) is 2.59. The molecule has 0 fully saturated rings. The van der Waals surface area contributed by atoms with E-state index in [9.17, 15) is 4.79 Å². The Morgan fingerprint density at radius 2 is 2.14 bits per heavy atom. The molecular weight excluding hydrogens is 320 g/mol. The highest BCUT2D eigenvalue weighted by Gasteiger charge is 2.10. The third-order valence-electron chi connectivity index (χ3n) is 2.85. The zero-order valence-corrected chi connectivity index (χ0v) is 12.9. The lowest BCUT2D eigenvalue weighted by Crippen LogP contribution is -2.17. The predicted molar refractivity (Wildman–Crippen MR) is 88.4 cm³/mol. The lowest BCUT2D eigenvalue weighted by Gasteiger charge is -1.95. The van der Waals surface area contributed by atoms with Crippen molar-refractivity contribution in [3.05, 3.63) is 64.1 Å². The number of H-pyrrole nitrogens is 1. The Bertz CT molecular complexity index is 793. The zero-order chi connectivity index (χ0) is 15.4. The Balaban J connectivity index is 1.63. The molecule has 2 aromatic heterocycles. The van der Waals surface area contributed by atoms with Gasteiger partial charge in [-0.05, 0) is 35.2 Å². The highest BCUT2D eigenvalue weighted by molar-refractivity contribution is 7.13. The molecule has 7 heteroatoms. The number of nitrogens with zero attached hydrogens (tertiary/aromatic N) is 2. The molecule has 0 aliphatic rings. The van der Waals surface area contributed by atoms with E-state index in [1.807, 2.05) is 17.5 Å². The number of nitrogens with one attached hydrogen (secondary N) is 2. The van der Waals surface area contributed by atoms with Crippen LogP contribution in [0.1, 0.15) is 16.1 Å². The van der Waals surface area contributed by atoms with E-state index >= 15 is 0 Å². The molecule has 2 heterocycles. The van der Waals surface area contributed by atoms with Gasteiger partial charge in [0.15, 0.2) is 5.69 Å². The van der Waals surface area contributed by atoms with Gasteiger partial charge in [-0.2, -0.15) is 10.2 Å². The van der Waals surface area contributed by atoms with Gasteiger partial charge in [-0.15, -0.1) is 11.3 Å². The molecule has 3 rings (SSSR count). The summed E-state index contributed by atoms with van der Waals surface area (Å²) in [5.41, 5.74) is 4.37. The van der Waals surface area contributed by atoms with E-state index in [1.54, 1.807) is 47.9 Å². The molecule has 3 aromatic rings. The number of benzene rings is 1. The minimum atomic E-state index is -0.371. The summed E-state index contributed by atoms with van der Waals surface area (Å²) < 4.78 is 0. The first kappa shape index (κ1) is 14.5. The second-order valence-corrected chi connectivity index (χ2v) is 5.78. The Labute approximate surface area is 135 Å². The highest BCUT2D eigenvalue weighted by atomic mass is 35.5. The third-order valence-corrected chi connectivity index (χ3v) is 4.00. The van der Waals surface area contributed by atoms with E-state index in [0.717, 1.165) is 16.1 Å². The van der Waals surface area contributed by atoms with Crippen LogP contribution in [0.2, 0.25) is 5.02 Å². The minimum absolute atomic E-state index is 0.289. The molecule has 0 aliphatic heterocycles. The number of amides is 1. The molecule has 0 aliphatic carbocycles. The Morgan fingerprint density at radius 1 is 1.32 bits per heavy atom. The molecule has 5 nitrogen and oxygen atoms in total. The normalized spacial score (nSPS) is 11.0. The lowest BCUT2D eigenvalue weighted by molar-refractivity contribution is 0.0950. The average Bonchev–Trinajstić information content (AvgIpc) is 3.20. The Hall–Kier alpha value is -2.44. The van der Waals surface area contributed by atoms with E-state index in [2.05, 4.69) is 20.7 Å². The zero-order valence-electron chi connectivity index (χ0n) is 11.3. The van der Waals surface area contributed by atoms with Crippen molar-refractivity contribution < 1.29 is 4.79 Å². The van der Waals surface area contributed by atoms with Crippen molar-refractivity contribution in [1.29, 1.82) is 0 Å². The molecule has 22 heavy (non-hydrogen) atoms. The van der Waals surface area contributed by atoms with E-state index < -0.39 is 0 Å². The lowest BCUT2D eigenvalue weighted by atomic mass is 10.2. The van der Waals surface area contributed by atoms with E-state index in [0.29, 0.717) is 5.02 Å². The van der Waals surface area contributed by atoms with Crippen LogP contribution >= 0.6 is 22.9 Å². The van der Waals surface area contributed by atoms with Gasteiger partial charge in [-0.3, -0.25) is 9.89 Å². The number of aromatic amines is 1. The first-order valence-corrected chi connectivity index (χ1v) is 7.66. The van der Waals surface area contributed by atoms with Crippen LogP contribution in [0.4, 0.5) is 0 Å². The molecule has 0 spiro atoms. The van der Waals surface area contributed by atoms with Gasteiger partial charge in [-0.25, -0.2) is 5.43 Å². The van der Waals surface area contributed by atoms with Crippen molar-refractivity contribution in [3.63, 3.8) is 0 Å². The maximum atomic E-state index is 11.9. The number of aromatic nitrogens is 2. The summed E-state index contributed by atoms with van der Waals surface area (Å²) in [4.78, 5) is 13.0. The summed E-state index contributed by atoms with van der Waals surface area (Å²) in [5.74, 6) is -0.371. The molecule has 2 N–H and O–H groups in total. The van der Waals surface area contributed by atoms with Gasteiger partial charge in [0.2, 0.25) is 0 Å². The van der Waals surface area contributed by atoms with Crippen LogP contribution in [0.25, 0.3) is 10.6 Å². The minimum Gasteiger partial charge on any atom is -0.276 e. The standard InChI is InChI=1S/C15H11ClN4OS/c16-11-5-3-10(4-6-11)9-17-20-15(21)13-8-12(18-19-13)14-2-1-7-22-14/h1-9H,(H,18,19)(H,20,21)/b17-9+. The van der Waals surface area contributed by atoms with Gasteiger partial charge >= 0.3 is 0 Å². The van der Waals surface area contributed by atoms with Crippen LogP contribution in [-0.4, -0.2) is 22.3 Å². The number of carbonyl (C=O) groups is 1. The topological polar surface area (TPSA) is 70.1 Å². The van der Waals surface area contributed by atoms with Crippen molar-refractivity contribution in [1.82, 2.24) is 15.6 Å². The van der Waals surface area contributed by atoms with Crippen molar-refractivity contribution in [2.24, 2.45) is 5.10 Å². The molecule has 0 saturated carbocycles. The molecule has 0 bridgehead atoms. The maximum absolute atomic E-state index is 11.9. The van der Waals surface area contributed by atoms with E-state index in [-0.39, 0.29) is 11.6 Å². The first-order chi connectivity index (χ1) is 10.7. The number of hydrogen-bond donors (Lipinski definition) is 2. The number of halogens is 1. The van der Waals surface area contributed by atoms with Gasteiger partial charge in [0.1, 0.15) is 0 Å². The van der Waals surface area contributed by atoms with Gasteiger partial charge < -0.3 is 0 Å². The average molecular weight is 331 g/mol. The SMILES string of the molecule is O=C(N/N=C/c1ccc(Cl)cc1)c1cc(-c2cccs2)[nH]n1. The van der Waals surface area contributed by atoms with Crippen molar-refractivity contribution in [3.8, 4) is 10.6 Å². The number of hydrazone groups is 1. The van der Waals surface area contributed by atoms with Crippen molar-refractivity contribution in [2.45, 2.75) is 0 Å². The summed E-state index contributed by atoms with van der Waals surface area (Å²) in [6, 6.07) is 12.7. The monoisotopic (exact) mass is 330 g/mol. The molecule has 0 atom stereocenters. The van der Waals surface area contributed by atoms with Gasteiger partial charge in [0, 0.05) is 5.02 Å².